The number of nitrogens with zero attached hydrogens (tertiary/aromatic N) is 1. The number of benzene rings is 3. The lowest BCUT2D eigenvalue weighted by atomic mass is 10.0. The van der Waals surface area contributed by atoms with Crippen molar-refractivity contribution >= 4 is 23.6 Å². The maximum absolute atomic E-state index is 14.5. The van der Waals surface area contributed by atoms with E-state index < -0.39 is 6.04 Å². The third kappa shape index (κ3) is 7.45. The molecule has 6 heteroatoms. The summed E-state index contributed by atoms with van der Waals surface area (Å²) in [6.07, 6.45) is 0.607. The molecule has 0 bridgehead atoms. The van der Waals surface area contributed by atoms with E-state index in [1.807, 2.05) is 68.4 Å². The van der Waals surface area contributed by atoms with Crippen molar-refractivity contribution in [2.45, 2.75) is 44.2 Å². The summed E-state index contributed by atoms with van der Waals surface area (Å²) in [5.74, 6) is -0.218. The molecule has 3 aromatic rings. The first-order valence-electron chi connectivity index (χ1n) is 11.5. The first-order chi connectivity index (χ1) is 16.5. The third-order valence-electron chi connectivity index (χ3n) is 5.53. The lowest BCUT2D eigenvalue weighted by Gasteiger charge is -2.31. The molecule has 1 N–H and O–H groups in total. The van der Waals surface area contributed by atoms with Crippen LogP contribution in [-0.4, -0.2) is 35.1 Å². The molecule has 3 aromatic carbocycles. The number of halogens is 1. The van der Waals surface area contributed by atoms with Gasteiger partial charge < -0.3 is 10.2 Å². The average Bonchev–Trinajstić information content (AvgIpc) is 2.84. The summed E-state index contributed by atoms with van der Waals surface area (Å²) in [7, 11) is 0. The number of aryl methyl sites for hydroxylation is 1. The van der Waals surface area contributed by atoms with E-state index in [9.17, 15) is 14.0 Å². The van der Waals surface area contributed by atoms with Crippen LogP contribution in [0.4, 0.5) is 4.39 Å². The number of nitrogens with one attached hydrogen (secondary N) is 1. The van der Waals surface area contributed by atoms with Crippen molar-refractivity contribution in [3.63, 3.8) is 0 Å². The van der Waals surface area contributed by atoms with Gasteiger partial charge >= 0.3 is 0 Å². The second-order valence-corrected chi connectivity index (χ2v) is 9.29. The van der Waals surface area contributed by atoms with E-state index in [1.54, 1.807) is 30.0 Å². The summed E-state index contributed by atoms with van der Waals surface area (Å²) >= 11 is 1.60. The van der Waals surface area contributed by atoms with Crippen LogP contribution in [0, 0.1) is 12.7 Å². The van der Waals surface area contributed by atoms with Crippen molar-refractivity contribution in [3.05, 3.63) is 101 Å². The van der Waals surface area contributed by atoms with Gasteiger partial charge in [-0.25, -0.2) is 4.39 Å². The van der Waals surface area contributed by atoms with Crippen molar-refractivity contribution in [3.8, 4) is 0 Å². The summed E-state index contributed by atoms with van der Waals surface area (Å²) in [5.41, 5.74) is 2.52. The van der Waals surface area contributed by atoms with Gasteiger partial charge in [-0.1, -0.05) is 66.2 Å². The fourth-order valence-corrected chi connectivity index (χ4v) is 4.53. The van der Waals surface area contributed by atoms with Gasteiger partial charge in [-0.2, -0.15) is 0 Å². The van der Waals surface area contributed by atoms with Crippen LogP contribution >= 0.6 is 11.8 Å². The molecule has 2 amide bonds. The third-order valence-corrected chi connectivity index (χ3v) is 6.54. The van der Waals surface area contributed by atoms with E-state index in [1.165, 1.54) is 16.5 Å². The van der Waals surface area contributed by atoms with Crippen LogP contribution in [0.2, 0.25) is 0 Å². The van der Waals surface area contributed by atoms with E-state index in [-0.39, 0.29) is 30.6 Å². The van der Waals surface area contributed by atoms with E-state index in [4.69, 9.17) is 0 Å². The average molecular weight is 479 g/mol. The highest BCUT2D eigenvalue weighted by atomic mass is 32.2. The zero-order chi connectivity index (χ0) is 24.3. The molecule has 4 nitrogen and oxygen atoms in total. The summed E-state index contributed by atoms with van der Waals surface area (Å²) in [5, 5.41) is 2.86. The van der Waals surface area contributed by atoms with Crippen LogP contribution in [0.25, 0.3) is 0 Å². The normalized spacial score (nSPS) is 11.6. The predicted octanol–water partition coefficient (Wildman–Crippen LogP) is 5.39. The molecule has 0 saturated heterocycles. The van der Waals surface area contributed by atoms with Crippen LogP contribution in [0.5, 0.6) is 0 Å². The minimum absolute atomic E-state index is 0.0370. The van der Waals surface area contributed by atoms with Crippen LogP contribution in [-0.2, 0) is 22.6 Å². The number of rotatable bonds is 11. The lowest BCUT2D eigenvalue weighted by Crippen LogP contribution is -2.50. The minimum atomic E-state index is -0.737. The number of carbonyl (C=O) groups is 2. The van der Waals surface area contributed by atoms with Crippen molar-refractivity contribution in [1.82, 2.24) is 10.2 Å². The molecule has 0 unspecified atom stereocenters. The molecule has 0 saturated carbocycles. The molecule has 0 fully saturated rings. The van der Waals surface area contributed by atoms with Gasteiger partial charge in [0, 0.05) is 42.1 Å². The van der Waals surface area contributed by atoms with Crippen LogP contribution < -0.4 is 5.32 Å². The maximum Gasteiger partial charge on any atom is 0.243 e. The Labute approximate surface area is 205 Å². The van der Waals surface area contributed by atoms with Gasteiger partial charge in [-0.3, -0.25) is 9.59 Å². The Hall–Kier alpha value is -3.12. The Kier molecular flexibility index (Phi) is 9.71. The Morgan fingerprint density at radius 2 is 1.65 bits per heavy atom. The van der Waals surface area contributed by atoms with Gasteiger partial charge in [-0.15, -0.1) is 11.8 Å². The molecule has 34 heavy (non-hydrogen) atoms. The first kappa shape index (κ1) is 25.5. The highest BCUT2D eigenvalue weighted by Gasteiger charge is 2.30. The van der Waals surface area contributed by atoms with E-state index in [0.717, 1.165) is 10.5 Å². The smallest absolute Gasteiger partial charge is 0.243 e. The van der Waals surface area contributed by atoms with E-state index in [2.05, 4.69) is 5.32 Å². The van der Waals surface area contributed by atoms with Gasteiger partial charge in [-0.05, 0) is 37.6 Å². The topological polar surface area (TPSA) is 49.4 Å². The lowest BCUT2D eigenvalue weighted by molar-refractivity contribution is -0.141. The largest absolute Gasteiger partial charge is 0.355 e. The van der Waals surface area contributed by atoms with E-state index >= 15 is 0 Å². The number of hydrogen-bond acceptors (Lipinski definition) is 3. The predicted molar refractivity (Wildman–Crippen MR) is 136 cm³/mol. The van der Waals surface area contributed by atoms with Gasteiger partial charge in [0.05, 0.1) is 0 Å². The molecule has 0 radical (unpaired) electrons. The zero-order valence-electron chi connectivity index (χ0n) is 19.7. The highest BCUT2D eigenvalue weighted by molar-refractivity contribution is 7.99. The molecular weight excluding hydrogens is 447 g/mol. The van der Waals surface area contributed by atoms with Crippen molar-refractivity contribution in [1.29, 1.82) is 0 Å². The molecule has 0 heterocycles. The molecule has 1 atom stereocenters. The van der Waals surface area contributed by atoms with Gasteiger partial charge in [0.15, 0.2) is 0 Å². The molecule has 0 aliphatic rings. The Bertz CT molecular complexity index is 1070. The molecule has 178 valence electrons. The second kappa shape index (κ2) is 12.9. The fraction of sp³-hybridized carbons (Fsp3) is 0.286. The highest BCUT2D eigenvalue weighted by Crippen LogP contribution is 2.22. The van der Waals surface area contributed by atoms with Crippen LogP contribution in [0.15, 0.2) is 83.8 Å². The molecule has 0 aliphatic heterocycles. The van der Waals surface area contributed by atoms with Crippen molar-refractivity contribution in [2.75, 3.05) is 12.3 Å². The van der Waals surface area contributed by atoms with Crippen molar-refractivity contribution < 1.29 is 14.0 Å². The number of thioether (sulfide) groups is 1. The first-order valence-corrected chi connectivity index (χ1v) is 12.5. The van der Waals surface area contributed by atoms with Crippen LogP contribution in [0.1, 0.15) is 30.0 Å². The monoisotopic (exact) mass is 478 g/mol. The number of likely N-dealkylation sites (N-methyl/N-ethyl adjacent to an activating group) is 1. The van der Waals surface area contributed by atoms with Crippen LogP contribution in [0.3, 0.4) is 0 Å². The Balaban J connectivity index is 1.82. The summed E-state index contributed by atoms with van der Waals surface area (Å²) in [6.45, 7) is 4.37. The molecule has 3 rings (SSSR count). The molecule has 0 spiro atoms. The fourth-order valence-electron chi connectivity index (χ4n) is 3.69. The second-order valence-electron chi connectivity index (χ2n) is 8.12. The quantitative estimate of drug-likeness (QED) is 0.376. The van der Waals surface area contributed by atoms with Gasteiger partial charge in [0.25, 0.3) is 0 Å². The minimum Gasteiger partial charge on any atom is -0.355 e. The summed E-state index contributed by atoms with van der Waals surface area (Å²) in [6, 6.07) is 23.4. The number of carbonyl (C=O) groups excluding carboxylic acids is 2. The Morgan fingerprint density at radius 3 is 2.32 bits per heavy atom. The molecule has 0 aliphatic carbocycles. The maximum atomic E-state index is 14.5. The number of amides is 2. The van der Waals surface area contributed by atoms with E-state index in [0.29, 0.717) is 24.3 Å². The number of hydrogen-bond donors (Lipinski definition) is 1. The Morgan fingerprint density at radius 1 is 0.971 bits per heavy atom. The molecule has 0 aromatic heterocycles. The summed E-state index contributed by atoms with van der Waals surface area (Å²) < 4.78 is 14.5. The molecular formula is C28H31FN2O2S. The van der Waals surface area contributed by atoms with Crippen molar-refractivity contribution in [2.24, 2.45) is 0 Å². The SMILES string of the molecule is CCNC(=O)[C@H](Cc1ccccc1)N(Cc1ccccc1F)C(=O)CCSc1ccc(C)cc1. The summed E-state index contributed by atoms with van der Waals surface area (Å²) in [4.78, 5) is 29.2. The zero-order valence-corrected chi connectivity index (χ0v) is 20.5. The van der Waals surface area contributed by atoms with Gasteiger partial charge in [0.1, 0.15) is 11.9 Å². The standard InChI is InChI=1S/C28H31FN2O2S/c1-3-30-28(33)26(19-22-9-5-4-6-10-22)31(20-23-11-7-8-12-25(23)29)27(32)17-18-34-24-15-13-21(2)14-16-24/h4-16,26H,3,17-20H2,1-2H3,(H,30,33)/t26-/m0/s1. The van der Waals surface area contributed by atoms with Gasteiger partial charge in [0.2, 0.25) is 11.8 Å².